The highest BCUT2D eigenvalue weighted by Gasteiger charge is 2.48. The highest BCUT2D eigenvalue weighted by Crippen LogP contribution is 2.26. The summed E-state index contributed by atoms with van der Waals surface area (Å²) in [6, 6.07) is 0. The van der Waals surface area contributed by atoms with Crippen molar-refractivity contribution in [3.63, 3.8) is 0 Å². The Morgan fingerprint density at radius 2 is 1.16 bits per heavy atom. The fraction of sp³-hybridized carbons (Fsp3) is 0.800. The van der Waals surface area contributed by atoms with E-state index >= 15 is 0 Å². The molecule has 0 aromatic heterocycles. The standard InChI is InChI=1S/C45H80O12S/c1-3-5-7-9-11-13-15-16-17-18-19-20-21-22-23-25-27-29-31-33-35-53-37-39(55-41(47)34-32-30-28-26-24-14-12-10-8-6-4-2)38-54-45-43(49)44(57-58(50,51)52)42(48)40(36-46)56-45/h10-13,16-17,19-20,39-40,42-46,48-49H,3-9,14-15,18,21-38H2,1-2H3,(H,50,51,52)/b12-10-,13-11-,17-16-,20-19-. The summed E-state index contributed by atoms with van der Waals surface area (Å²) >= 11 is 0. The topological polar surface area (TPSA) is 178 Å². The predicted octanol–water partition coefficient (Wildman–Crippen LogP) is 9.19. The lowest BCUT2D eigenvalue weighted by Gasteiger charge is -2.41. The molecule has 0 bridgehead atoms. The normalized spacial score (nSPS) is 21.0. The van der Waals surface area contributed by atoms with Crippen LogP contribution < -0.4 is 0 Å². The zero-order chi connectivity index (χ0) is 42.5. The Labute approximate surface area is 351 Å². The van der Waals surface area contributed by atoms with Crippen LogP contribution in [0.4, 0.5) is 0 Å². The van der Waals surface area contributed by atoms with Crippen LogP contribution in [0.15, 0.2) is 48.6 Å². The summed E-state index contributed by atoms with van der Waals surface area (Å²) in [6.45, 7) is 3.87. The number of aliphatic hydroxyl groups excluding tert-OH is 3. The van der Waals surface area contributed by atoms with Gasteiger partial charge in [0.1, 0.15) is 30.5 Å². The molecule has 0 aliphatic carbocycles. The Morgan fingerprint density at radius 1 is 0.655 bits per heavy atom. The van der Waals surface area contributed by atoms with Crippen molar-refractivity contribution in [2.75, 3.05) is 26.4 Å². The highest BCUT2D eigenvalue weighted by atomic mass is 32.3. The molecular weight excluding hydrogens is 765 g/mol. The van der Waals surface area contributed by atoms with Crippen LogP contribution in [-0.4, -0.2) is 97.5 Å². The van der Waals surface area contributed by atoms with Crippen molar-refractivity contribution in [3.05, 3.63) is 48.6 Å². The van der Waals surface area contributed by atoms with Gasteiger partial charge < -0.3 is 34.3 Å². The first-order valence-corrected chi connectivity index (χ1v) is 23.8. The van der Waals surface area contributed by atoms with E-state index in [2.05, 4.69) is 66.6 Å². The van der Waals surface area contributed by atoms with Crippen molar-refractivity contribution >= 4 is 16.4 Å². The summed E-state index contributed by atoms with van der Waals surface area (Å²) in [5, 5.41) is 30.6. The lowest BCUT2D eigenvalue weighted by molar-refractivity contribution is -0.301. The van der Waals surface area contributed by atoms with E-state index in [1.807, 2.05) is 0 Å². The SMILES string of the molecule is CCCC/C=C\CCCCCCCC(=O)OC(COCCCCCCCCC/C=C\C/C=C\C/C=C\CCCCC)COC1OC(CO)C(O)C(OS(=O)(=O)O)C1O. The van der Waals surface area contributed by atoms with Crippen LogP contribution in [0, 0.1) is 0 Å². The molecule has 0 spiro atoms. The molecule has 1 saturated heterocycles. The van der Waals surface area contributed by atoms with Gasteiger partial charge in [0.15, 0.2) is 6.29 Å². The molecule has 12 nitrogen and oxygen atoms in total. The molecule has 4 N–H and O–H groups in total. The number of carbonyl (C=O) groups is 1. The molecule has 13 heteroatoms. The lowest BCUT2D eigenvalue weighted by atomic mass is 9.99. The van der Waals surface area contributed by atoms with Crippen molar-refractivity contribution in [2.45, 2.75) is 205 Å². The molecule has 1 heterocycles. The molecule has 1 fully saturated rings. The largest absolute Gasteiger partial charge is 0.457 e. The number of hydrogen-bond acceptors (Lipinski definition) is 11. The van der Waals surface area contributed by atoms with Gasteiger partial charge in [0.05, 0.1) is 19.8 Å². The maximum Gasteiger partial charge on any atom is 0.397 e. The second-order valence-electron chi connectivity index (χ2n) is 15.3. The van der Waals surface area contributed by atoms with Crippen LogP contribution in [0.1, 0.15) is 168 Å². The van der Waals surface area contributed by atoms with Crippen molar-refractivity contribution < 1.29 is 56.2 Å². The summed E-state index contributed by atoms with van der Waals surface area (Å²) in [5.74, 6) is -0.416. The number of allylic oxidation sites excluding steroid dienone is 8. The molecule has 6 atom stereocenters. The third-order valence-electron chi connectivity index (χ3n) is 9.92. The lowest BCUT2D eigenvalue weighted by Crippen LogP contribution is -2.60. The van der Waals surface area contributed by atoms with Gasteiger partial charge in [-0.3, -0.25) is 9.35 Å². The number of ether oxygens (including phenoxy) is 4. The van der Waals surface area contributed by atoms with Crippen LogP contribution in [0.3, 0.4) is 0 Å². The highest BCUT2D eigenvalue weighted by molar-refractivity contribution is 7.80. The monoisotopic (exact) mass is 845 g/mol. The van der Waals surface area contributed by atoms with Crippen LogP contribution in [0.5, 0.6) is 0 Å². The summed E-state index contributed by atoms with van der Waals surface area (Å²) < 4.78 is 59.0. The summed E-state index contributed by atoms with van der Waals surface area (Å²) in [5.41, 5.74) is 0. The van der Waals surface area contributed by atoms with Gasteiger partial charge in [0.2, 0.25) is 0 Å². The minimum atomic E-state index is -5.06. The van der Waals surface area contributed by atoms with Gasteiger partial charge in [-0.2, -0.15) is 8.42 Å². The van der Waals surface area contributed by atoms with Gasteiger partial charge in [-0.05, 0) is 70.6 Å². The second-order valence-corrected chi connectivity index (χ2v) is 16.3. The van der Waals surface area contributed by atoms with Gasteiger partial charge in [-0.1, -0.05) is 140 Å². The molecule has 0 radical (unpaired) electrons. The molecule has 0 aromatic rings. The van der Waals surface area contributed by atoms with Crippen molar-refractivity contribution in [1.82, 2.24) is 0 Å². The molecule has 1 rings (SSSR count). The van der Waals surface area contributed by atoms with Crippen molar-refractivity contribution in [3.8, 4) is 0 Å². The first-order chi connectivity index (χ1) is 28.1. The van der Waals surface area contributed by atoms with E-state index in [4.69, 9.17) is 23.5 Å². The van der Waals surface area contributed by atoms with Crippen LogP contribution in [0.2, 0.25) is 0 Å². The second kappa shape index (κ2) is 36.9. The zero-order valence-electron chi connectivity index (χ0n) is 35.8. The molecule has 58 heavy (non-hydrogen) atoms. The Balaban J connectivity index is 2.41. The van der Waals surface area contributed by atoms with Crippen molar-refractivity contribution in [1.29, 1.82) is 0 Å². The minimum Gasteiger partial charge on any atom is -0.457 e. The average Bonchev–Trinajstić information content (AvgIpc) is 3.19. The molecule has 0 aromatic carbocycles. The molecular formula is C45H80O12S. The molecule has 1 aliphatic heterocycles. The van der Waals surface area contributed by atoms with E-state index in [1.54, 1.807) is 0 Å². The number of esters is 1. The van der Waals surface area contributed by atoms with E-state index in [0.717, 1.165) is 83.5 Å². The molecule has 0 saturated carbocycles. The number of rotatable bonds is 38. The molecule has 1 aliphatic rings. The van der Waals surface area contributed by atoms with Crippen molar-refractivity contribution in [2.24, 2.45) is 0 Å². The smallest absolute Gasteiger partial charge is 0.397 e. The van der Waals surface area contributed by atoms with E-state index in [9.17, 15) is 28.5 Å². The quantitative estimate of drug-likeness (QED) is 0.0201. The van der Waals surface area contributed by atoms with E-state index in [1.165, 1.54) is 57.8 Å². The van der Waals surface area contributed by atoms with Gasteiger partial charge >= 0.3 is 16.4 Å². The Bertz CT molecular complexity index is 1200. The summed E-state index contributed by atoms with van der Waals surface area (Å²) in [6.07, 6.45) is 34.3. The average molecular weight is 845 g/mol. The van der Waals surface area contributed by atoms with E-state index in [-0.39, 0.29) is 19.6 Å². The Morgan fingerprint density at radius 3 is 1.72 bits per heavy atom. The number of aliphatic hydroxyl groups is 3. The number of carbonyl (C=O) groups excluding carboxylic acids is 1. The van der Waals surface area contributed by atoms with Crippen LogP contribution in [-0.2, 0) is 38.3 Å². The molecule has 0 amide bonds. The summed E-state index contributed by atoms with van der Waals surface area (Å²) in [4.78, 5) is 12.8. The first-order valence-electron chi connectivity index (χ1n) is 22.4. The fourth-order valence-corrected chi connectivity index (χ4v) is 6.99. The van der Waals surface area contributed by atoms with Gasteiger partial charge in [-0.25, -0.2) is 4.18 Å². The number of hydrogen-bond donors (Lipinski definition) is 4. The fourth-order valence-electron chi connectivity index (χ4n) is 6.48. The first kappa shape index (κ1) is 54.1. The maximum atomic E-state index is 12.8. The van der Waals surface area contributed by atoms with Gasteiger partial charge in [-0.15, -0.1) is 0 Å². The molecule has 6 unspecified atom stereocenters. The van der Waals surface area contributed by atoms with Crippen LogP contribution >= 0.6 is 0 Å². The minimum absolute atomic E-state index is 0.0246. The third kappa shape index (κ3) is 30.1. The van der Waals surface area contributed by atoms with Gasteiger partial charge in [0, 0.05) is 13.0 Å². The van der Waals surface area contributed by atoms with Crippen LogP contribution in [0.25, 0.3) is 0 Å². The predicted molar refractivity (Wildman–Crippen MR) is 230 cm³/mol. The number of unbranched alkanes of at least 4 members (excludes halogenated alkanes) is 17. The maximum absolute atomic E-state index is 12.8. The molecule has 338 valence electrons. The van der Waals surface area contributed by atoms with E-state index in [0.29, 0.717) is 13.0 Å². The van der Waals surface area contributed by atoms with Gasteiger partial charge in [0.25, 0.3) is 0 Å². The van der Waals surface area contributed by atoms with E-state index < -0.39 is 59.8 Å². The summed E-state index contributed by atoms with van der Waals surface area (Å²) in [7, 11) is -5.06. The Hall–Kier alpha value is -1.94. The Kier molecular flexibility index (Phi) is 34.4. The third-order valence-corrected chi connectivity index (χ3v) is 10.4. The zero-order valence-corrected chi connectivity index (χ0v) is 36.7.